The number of sulfonamides is 1. The predicted octanol–water partition coefficient (Wildman–Crippen LogP) is 2.53. The fraction of sp³-hybridized carbons (Fsp3) is 0.333. The molecule has 0 radical (unpaired) electrons. The van der Waals surface area contributed by atoms with Gasteiger partial charge in [0.25, 0.3) is 0 Å². The Balaban J connectivity index is 1.61. The molecule has 0 bridgehead atoms. The van der Waals surface area contributed by atoms with Gasteiger partial charge in [-0.3, -0.25) is 9.47 Å². The Labute approximate surface area is 182 Å². The third-order valence-electron chi connectivity index (χ3n) is 5.26. The summed E-state index contributed by atoms with van der Waals surface area (Å²) < 4.78 is 29.5. The highest BCUT2D eigenvalue weighted by Crippen LogP contribution is 2.17. The summed E-state index contributed by atoms with van der Waals surface area (Å²) in [6.45, 7) is 2.82. The minimum atomic E-state index is -3.14. The first-order valence-corrected chi connectivity index (χ1v) is 12.1. The quantitative estimate of drug-likeness (QED) is 0.548. The van der Waals surface area contributed by atoms with Gasteiger partial charge in [0.15, 0.2) is 0 Å². The molecule has 2 heterocycles. The molecule has 0 amide bonds. The van der Waals surface area contributed by atoms with Gasteiger partial charge in [-0.25, -0.2) is 13.1 Å². The zero-order valence-corrected chi connectivity index (χ0v) is 18.5. The van der Waals surface area contributed by atoms with Crippen molar-refractivity contribution in [3.63, 3.8) is 0 Å². The minimum absolute atomic E-state index is 0.489. The lowest BCUT2D eigenvalue weighted by Gasteiger charge is -2.32. The summed E-state index contributed by atoms with van der Waals surface area (Å²) in [4.78, 5) is 2.19. The summed E-state index contributed by atoms with van der Waals surface area (Å²) in [6.07, 6.45) is 1.93. The summed E-state index contributed by atoms with van der Waals surface area (Å²) in [5.41, 5.74) is 2.16. The van der Waals surface area contributed by atoms with Gasteiger partial charge in [0.05, 0.1) is 12.9 Å². The highest BCUT2D eigenvalue weighted by molar-refractivity contribution is 7.88. The van der Waals surface area contributed by atoms with Crippen LogP contribution < -0.4 is 0 Å². The van der Waals surface area contributed by atoms with Crippen LogP contribution in [0.15, 0.2) is 60.7 Å². The highest BCUT2D eigenvalue weighted by Gasteiger charge is 2.24. The molecule has 0 saturated carbocycles. The minimum Gasteiger partial charge on any atom is -0.282 e. The molecule has 7 nitrogen and oxygen atoms in total. The molecule has 0 unspecified atom stereocenters. The molecule has 1 fully saturated rings. The zero-order chi connectivity index (χ0) is 21.1. The van der Waals surface area contributed by atoms with Crippen molar-refractivity contribution in [3.05, 3.63) is 76.8 Å². The Morgan fingerprint density at radius 2 is 1.53 bits per heavy atom. The Morgan fingerprint density at radius 1 is 0.933 bits per heavy atom. The number of rotatable bonds is 6. The maximum Gasteiger partial charge on any atom is 0.211 e. The van der Waals surface area contributed by atoms with Gasteiger partial charge in [-0.15, -0.1) is 0 Å². The van der Waals surface area contributed by atoms with Crippen LogP contribution in [-0.4, -0.2) is 64.4 Å². The third-order valence-corrected chi connectivity index (χ3v) is 6.96. The van der Waals surface area contributed by atoms with Gasteiger partial charge in [-0.2, -0.15) is 9.40 Å². The predicted molar refractivity (Wildman–Crippen MR) is 120 cm³/mol. The summed E-state index contributed by atoms with van der Waals surface area (Å²) in [7, 11) is -3.14. The van der Waals surface area contributed by atoms with E-state index in [2.05, 4.69) is 17.0 Å². The van der Waals surface area contributed by atoms with Crippen LogP contribution in [-0.2, 0) is 23.1 Å². The summed E-state index contributed by atoms with van der Waals surface area (Å²) in [6, 6.07) is 20.2. The molecule has 158 valence electrons. The molecule has 2 aromatic carbocycles. The topological polar surface area (TPSA) is 63.4 Å². The number of nitrogens with zero attached hydrogens (tertiary/aromatic N) is 5. The van der Waals surface area contributed by atoms with Crippen LogP contribution in [0.3, 0.4) is 0 Å². The lowest BCUT2D eigenvalue weighted by molar-refractivity contribution is 0.145. The van der Waals surface area contributed by atoms with Gasteiger partial charge in [-0.05, 0) is 29.9 Å². The smallest absolute Gasteiger partial charge is 0.211 e. The molecule has 4 rings (SSSR count). The average molecular weight is 444 g/mol. The standard InChI is InChI=1S/C21H25N5O2S2/c1-30(27,28)24-14-12-23(13-15-24)17-25-21(29)26(19-10-6-3-7-11-19)20(22-25)16-18-8-4-2-5-9-18/h2-11H,12-17H2,1H3. The van der Waals surface area contributed by atoms with Gasteiger partial charge < -0.3 is 0 Å². The Hall–Kier alpha value is -2.33. The van der Waals surface area contributed by atoms with Crippen molar-refractivity contribution < 1.29 is 8.42 Å². The monoisotopic (exact) mass is 443 g/mol. The van der Waals surface area contributed by atoms with E-state index in [9.17, 15) is 8.42 Å². The fourth-order valence-corrected chi connectivity index (χ4v) is 4.80. The summed E-state index contributed by atoms with van der Waals surface area (Å²) in [5, 5.41) is 4.85. The van der Waals surface area contributed by atoms with E-state index in [0.29, 0.717) is 44.0 Å². The Kier molecular flexibility index (Phi) is 6.14. The van der Waals surface area contributed by atoms with Crippen molar-refractivity contribution in [2.45, 2.75) is 13.1 Å². The van der Waals surface area contributed by atoms with Crippen molar-refractivity contribution in [3.8, 4) is 5.69 Å². The molecule has 0 atom stereocenters. The van der Waals surface area contributed by atoms with E-state index in [0.717, 1.165) is 11.5 Å². The molecular weight excluding hydrogens is 418 g/mol. The van der Waals surface area contributed by atoms with Gasteiger partial charge in [0.1, 0.15) is 5.82 Å². The van der Waals surface area contributed by atoms with Crippen LogP contribution in [0.2, 0.25) is 0 Å². The van der Waals surface area contributed by atoms with Crippen LogP contribution in [0, 0.1) is 4.77 Å². The SMILES string of the molecule is CS(=O)(=O)N1CCN(Cn2nc(Cc3ccccc3)n(-c3ccccc3)c2=S)CC1. The first-order valence-electron chi connectivity index (χ1n) is 9.87. The fourth-order valence-electron chi connectivity index (χ4n) is 3.67. The van der Waals surface area contributed by atoms with Crippen molar-refractivity contribution >= 4 is 22.2 Å². The van der Waals surface area contributed by atoms with Crippen molar-refractivity contribution in [2.24, 2.45) is 0 Å². The van der Waals surface area contributed by atoms with Crippen molar-refractivity contribution in [2.75, 3.05) is 32.4 Å². The Morgan fingerprint density at radius 3 is 2.13 bits per heavy atom. The molecule has 1 aliphatic rings. The zero-order valence-electron chi connectivity index (χ0n) is 16.9. The molecular formula is C21H25N5O2S2. The molecule has 30 heavy (non-hydrogen) atoms. The van der Waals surface area contributed by atoms with E-state index in [1.807, 2.05) is 57.8 Å². The van der Waals surface area contributed by atoms with E-state index >= 15 is 0 Å². The second-order valence-electron chi connectivity index (χ2n) is 7.45. The molecule has 3 aromatic rings. The average Bonchev–Trinajstić information content (AvgIpc) is 3.04. The van der Waals surface area contributed by atoms with E-state index in [4.69, 9.17) is 17.3 Å². The molecule has 0 spiro atoms. The highest BCUT2D eigenvalue weighted by atomic mass is 32.2. The molecule has 0 aliphatic carbocycles. The summed E-state index contributed by atoms with van der Waals surface area (Å²) in [5.74, 6) is 0.882. The van der Waals surface area contributed by atoms with Crippen LogP contribution >= 0.6 is 12.2 Å². The first kappa shape index (κ1) is 20.9. The van der Waals surface area contributed by atoms with Crippen LogP contribution in [0.1, 0.15) is 11.4 Å². The molecule has 1 aromatic heterocycles. The van der Waals surface area contributed by atoms with Gasteiger partial charge in [0, 0.05) is 38.3 Å². The van der Waals surface area contributed by atoms with E-state index in [-0.39, 0.29) is 0 Å². The van der Waals surface area contributed by atoms with Crippen molar-refractivity contribution in [1.82, 2.24) is 23.6 Å². The Bertz CT molecular complexity index is 1150. The molecule has 1 saturated heterocycles. The van der Waals surface area contributed by atoms with E-state index in [1.54, 1.807) is 0 Å². The largest absolute Gasteiger partial charge is 0.282 e. The number of benzene rings is 2. The maximum atomic E-state index is 11.8. The van der Waals surface area contributed by atoms with Gasteiger partial charge in [-0.1, -0.05) is 48.5 Å². The number of para-hydroxylation sites is 1. The number of aromatic nitrogens is 3. The molecule has 9 heteroatoms. The third kappa shape index (κ3) is 4.70. The van der Waals surface area contributed by atoms with Crippen LogP contribution in [0.5, 0.6) is 0 Å². The van der Waals surface area contributed by atoms with Crippen LogP contribution in [0.4, 0.5) is 0 Å². The second kappa shape index (κ2) is 8.81. The number of hydrogen-bond donors (Lipinski definition) is 0. The maximum absolute atomic E-state index is 11.8. The second-order valence-corrected chi connectivity index (χ2v) is 9.80. The van der Waals surface area contributed by atoms with Crippen LogP contribution in [0.25, 0.3) is 5.69 Å². The first-order chi connectivity index (χ1) is 14.4. The lowest BCUT2D eigenvalue weighted by Crippen LogP contribution is -2.48. The molecule has 1 aliphatic heterocycles. The van der Waals surface area contributed by atoms with Gasteiger partial charge in [0.2, 0.25) is 14.8 Å². The summed E-state index contributed by atoms with van der Waals surface area (Å²) >= 11 is 5.79. The lowest BCUT2D eigenvalue weighted by atomic mass is 10.1. The van der Waals surface area contributed by atoms with E-state index in [1.165, 1.54) is 16.1 Å². The van der Waals surface area contributed by atoms with Gasteiger partial charge >= 0.3 is 0 Å². The van der Waals surface area contributed by atoms with E-state index < -0.39 is 10.0 Å². The normalized spacial score (nSPS) is 16.0. The molecule has 0 N–H and O–H groups in total. The number of piperazine rings is 1. The van der Waals surface area contributed by atoms with Crippen molar-refractivity contribution in [1.29, 1.82) is 0 Å². The number of hydrogen-bond acceptors (Lipinski definition) is 5.